The van der Waals surface area contributed by atoms with Crippen LogP contribution in [0.2, 0.25) is 0 Å². The Bertz CT molecular complexity index is 309. The van der Waals surface area contributed by atoms with Crippen molar-refractivity contribution >= 4 is 20.3 Å². The van der Waals surface area contributed by atoms with Crippen LogP contribution in [-0.2, 0) is 0 Å². The lowest BCUT2D eigenvalue weighted by atomic mass is 10.1. The van der Waals surface area contributed by atoms with E-state index in [4.69, 9.17) is 0 Å². The van der Waals surface area contributed by atoms with E-state index >= 15 is 0 Å². The largest absolute Gasteiger partial charge is 0.294 e. The van der Waals surface area contributed by atoms with E-state index in [2.05, 4.69) is 9.24 Å². The minimum atomic E-state index is -0.348. The lowest BCUT2D eigenvalue weighted by Crippen LogP contribution is -2.03. The van der Waals surface area contributed by atoms with Gasteiger partial charge in [-0.05, 0) is 6.07 Å². The highest BCUT2D eigenvalue weighted by molar-refractivity contribution is 7.27. The molecule has 0 bridgehead atoms. The van der Waals surface area contributed by atoms with E-state index in [9.17, 15) is 9.18 Å². The fraction of sp³-hybridized carbons (Fsp3) is 0.222. The smallest absolute Gasteiger partial charge is 0.162 e. The van der Waals surface area contributed by atoms with Crippen molar-refractivity contribution < 1.29 is 9.18 Å². The lowest BCUT2D eigenvalue weighted by molar-refractivity contribution is 0.0988. The molecule has 1 nitrogen and oxygen atoms in total. The zero-order valence-electron chi connectivity index (χ0n) is 6.80. The second kappa shape index (κ2) is 3.77. The summed E-state index contributed by atoms with van der Waals surface area (Å²) in [6, 6.07) is 4.49. The van der Waals surface area contributed by atoms with E-state index in [1.807, 2.05) is 0 Å². The fourth-order valence-electron chi connectivity index (χ4n) is 0.905. The van der Waals surface area contributed by atoms with Gasteiger partial charge in [-0.3, -0.25) is 4.79 Å². The molecule has 0 aliphatic rings. The molecule has 0 aromatic heterocycles. The molecule has 1 aromatic carbocycles. The summed E-state index contributed by atoms with van der Waals surface area (Å²) < 4.78 is 12.9. The van der Waals surface area contributed by atoms with Crippen LogP contribution in [0.4, 0.5) is 4.39 Å². The molecule has 1 aromatic rings. The van der Waals surface area contributed by atoms with Crippen LogP contribution in [0.25, 0.3) is 0 Å². The summed E-state index contributed by atoms with van der Waals surface area (Å²) in [5.41, 5.74) is 0.446. The molecule has 1 atom stereocenters. The number of rotatable bonds is 2. The average Bonchev–Trinajstić information content (AvgIpc) is 2.08. The Morgan fingerprint density at radius 2 is 2.25 bits per heavy atom. The van der Waals surface area contributed by atoms with Crippen molar-refractivity contribution in [3.63, 3.8) is 0 Å². The van der Waals surface area contributed by atoms with Crippen LogP contribution < -0.4 is 5.30 Å². The SMILES string of the molecule is CCC(=O)c1ccc(P)c(F)c1. The van der Waals surface area contributed by atoms with Crippen molar-refractivity contribution in [1.82, 2.24) is 0 Å². The van der Waals surface area contributed by atoms with Crippen LogP contribution in [0, 0.1) is 5.82 Å². The Labute approximate surface area is 73.2 Å². The van der Waals surface area contributed by atoms with Crippen LogP contribution in [0.5, 0.6) is 0 Å². The van der Waals surface area contributed by atoms with E-state index in [0.717, 1.165) is 0 Å². The summed E-state index contributed by atoms with van der Waals surface area (Å²) in [5.74, 6) is -0.377. The van der Waals surface area contributed by atoms with Crippen LogP contribution >= 0.6 is 9.24 Å². The number of Topliss-reactive ketones (excluding diaryl/α,β-unsaturated/α-hetero) is 1. The number of carbonyl (C=O) groups excluding carboxylic acids is 1. The molecule has 0 N–H and O–H groups in total. The average molecular weight is 184 g/mol. The van der Waals surface area contributed by atoms with Crippen molar-refractivity contribution in [3.05, 3.63) is 29.6 Å². The van der Waals surface area contributed by atoms with Crippen LogP contribution in [-0.4, -0.2) is 5.78 Å². The number of hydrogen-bond acceptors (Lipinski definition) is 1. The summed E-state index contributed by atoms with van der Waals surface area (Å²) in [6.07, 6.45) is 0.412. The molecule has 64 valence electrons. The number of halogens is 1. The predicted molar refractivity (Wildman–Crippen MR) is 50.4 cm³/mol. The predicted octanol–water partition coefficient (Wildman–Crippen LogP) is 1.92. The minimum absolute atomic E-state index is 0.0288. The molecule has 0 amide bonds. The third kappa shape index (κ3) is 1.89. The first-order valence-corrected chi connectivity index (χ1v) is 4.31. The molecule has 0 fully saturated rings. The summed E-state index contributed by atoms with van der Waals surface area (Å²) >= 11 is 0. The Hall–Kier alpha value is -0.750. The zero-order valence-corrected chi connectivity index (χ0v) is 7.96. The van der Waals surface area contributed by atoms with E-state index in [-0.39, 0.29) is 11.6 Å². The van der Waals surface area contributed by atoms with Gasteiger partial charge in [-0.1, -0.05) is 19.1 Å². The molecular weight excluding hydrogens is 174 g/mol. The number of hydrogen-bond donors (Lipinski definition) is 0. The highest BCUT2D eigenvalue weighted by atomic mass is 31.0. The van der Waals surface area contributed by atoms with Gasteiger partial charge in [0.15, 0.2) is 5.78 Å². The number of benzene rings is 1. The minimum Gasteiger partial charge on any atom is -0.294 e. The van der Waals surface area contributed by atoms with Crippen molar-refractivity contribution in [2.24, 2.45) is 0 Å². The molecule has 0 saturated heterocycles. The molecule has 1 rings (SSSR count). The Kier molecular flexibility index (Phi) is 2.93. The topological polar surface area (TPSA) is 17.1 Å². The van der Waals surface area contributed by atoms with E-state index in [1.165, 1.54) is 6.07 Å². The summed E-state index contributed by atoms with van der Waals surface area (Å²) in [4.78, 5) is 11.1. The number of ketones is 1. The molecular formula is C9H10FOP. The first-order valence-electron chi connectivity index (χ1n) is 3.73. The molecule has 3 heteroatoms. The molecule has 0 aliphatic heterocycles. The molecule has 12 heavy (non-hydrogen) atoms. The van der Waals surface area contributed by atoms with E-state index in [0.29, 0.717) is 17.3 Å². The maximum absolute atomic E-state index is 12.9. The maximum atomic E-state index is 12.9. The Morgan fingerprint density at radius 1 is 1.58 bits per heavy atom. The van der Waals surface area contributed by atoms with Gasteiger partial charge in [0.2, 0.25) is 0 Å². The zero-order chi connectivity index (χ0) is 9.14. The van der Waals surface area contributed by atoms with Gasteiger partial charge >= 0.3 is 0 Å². The Balaban J connectivity index is 3.05. The van der Waals surface area contributed by atoms with Crippen molar-refractivity contribution in [2.75, 3.05) is 0 Å². The van der Waals surface area contributed by atoms with Gasteiger partial charge < -0.3 is 0 Å². The van der Waals surface area contributed by atoms with Crippen molar-refractivity contribution in [3.8, 4) is 0 Å². The quantitative estimate of drug-likeness (QED) is 0.507. The van der Waals surface area contributed by atoms with Gasteiger partial charge in [-0.25, -0.2) is 4.39 Å². The standard InChI is InChI=1S/C9H10FOP/c1-2-8(11)6-3-4-9(12)7(10)5-6/h3-5H,2,12H2,1H3. The van der Waals surface area contributed by atoms with Gasteiger partial charge in [0.25, 0.3) is 0 Å². The normalized spacial score (nSPS) is 9.92. The molecule has 0 aliphatic carbocycles. The van der Waals surface area contributed by atoms with Gasteiger partial charge in [-0.15, -0.1) is 9.24 Å². The van der Waals surface area contributed by atoms with E-state index < -0.39 is 0 Å². The van der Waals surface area contributed by atoms with Gasteiger partial charge in [0.1, 0.15) is 5.82 Å². The lowest BCUT2D eigenvalue weighted by Gasteiger charge is -1.99. The van der Waals surface area contributed by atoms with Gasteiger partial charge in [0.05, 0.1) is 0 Å². The molecule has 0 radical (unpaired) electrons. The number of carbonyl (C=O) groups is 1. The summed E-state index contributed by atoms with van der Waals surface area (Å²) in [5, 5.41) is 0.489. The second-order valence-electron chi connectivity index (χ2n) is 2.51. The highest BCUT2D eigenvalue weighted by Gasteiger charge is 2.04. The highest BCUT2D eigenvalue weighted by Crippen LogP contribution is 2.06. The maximum Gasteiger partial charge on any atom is 0.162 e. The first kappa shape index (κ1) is 9.34. The first-order chi connectivity index (χ1) is 5.65. The van der Waals surface area contributed by atoms with Crippen LogP contribution in [0.15, 0.2) is 18.2 Å². The fourth-order valence-corrected chi connectivity index (χ4v) is 1.08. The Morgan fingerprint density at radius 3 is 2.75 bits per heavy atom. The van der Waals surface area contributed by atoms with Gasteiger partial charge in [-0.2, -0.15) is 0 Å². The summed E-state index contributed by atoms with van der Waals surface area (Å²) in [6.45, 7) is 1.76. The molecule has 0 spiro atoms. The van der Waals surface area contributed by atoms with Gasteiger partial charge in [0, 0.05) is 17.3 Å². The molecule has 0 saturated carbocycles. The monoisotopic (exact) mass is 184 g/mol. The van der Waals surface area contributed by atoms with Crippen molar-refractivity contribution in [1.29, 1.82) is 0 Å². The van der Waals surface area contributed by atoms with E-state index in [1.54, 1.807) is 19.1 Å². The van der Waals surface area contributed by atoms with Crippen LogP contribution in [0.1, 0.15) is 23.7 Å². The van der Waals surface area contributed by atoms with Crippen LogP contribution in [0.3, 0.4) is 0 Å². The third-order valence-electron chi connectivity index (χ3n) is 1.64. The summed E-state index contributed by atoms with van der Waals surface area (Å²) in [7, 11) is 2.27. The molecule has 0 heterocycles. The van der Waals surface area contributed by atoms with Crippen molar-refractivity contribution in [2.45, 2.75) is 13.3 Å². The third-order valence-corrected chi connectivity index (χ3v) is 2.11. The second-order valence-corrected chi connectivity index (χ2v) is 3.14. The molecule has 1 unspecified atom stereocenters.